The molecular weight excluding hydrogens is 315 g/mol. The number of likely N-dealkylation sites (N-methyl/N-ethyl adjacent to an activating group) is 1. The highest BCUT2D eigenvalue weighted by Crippen LogP contribution is 2.17. The normalized spacial score (nSPS) is 11.1. The first kappa shape index (κ1) is 13.6. The van der Waals surface area contributed by atoms with Gasteiger partial charge < -0.3 is 10.6 Å². The second kappa shape index (κ2) is 6.34. The van der Waals surface area contributed by atoms with Crippen molar-refractivity contribution in [1.29, 1.82) is 0 Å². The van der Waals surface area contributed by atoms with Gasteiger partial charge in [0, 0.05) is 13.0 Å². The Bertz CT molecular complexity index is 352. The van der Waals surface area contributed by atoms with Crippen molar-refractivity contribution in [2.24, 2.45) is 0 Å². The predicted octanol–water partition coefficient (Wildman–Crippen LogP) is 1.72. The average Bonchev–Trinajstić information content (AvgIpc) is 2.22. The average molecular weight is 334 g/mol. The van der Waals surface area contributed by atoms with Crippen LogP contribution in [0.3, 0.4) is 0 Å². The minimum Gasteiger partial charge on any atom is -0.383 e. The molecule has 5 heteroatoms. The lowest BCUT2D eigenvalue weighted by molar-refractivity contribution is 0.409. The van der Waals surface area contributed by atoms with Crippen LogP contribution in [0.5, 0.6) is 0 Å². The predicted molar refractivity (Wildman–Crippen MR) is 75.4 cm³/mol. The first-order valence-electron chi connectivity index (χ1n) is 5.50. The van der Waals surface area contributed by atoms with E-state index in [9.17, 15) is 0 Å². The molecular formula is C11H19IN4. The van der Waals surface area contributed by atoms with Crippen LogP contribution in [0.4, 0.5) is 5.82 Å². The molecule has 16 heavy (non-hydrogen) atoms. The molecule has 0 amide bonds. The zero-order chi connectivity index (χ0) is 12.1. The molecule has 0 atom stereocenters. The maximum atomic E-state index is 5.89. The second-order valence-corrected chi connectivity index (χ2v) is 5.17. The number of hydrogen-bond acceptors (Lipinski definition) is 4. The minimum absolute atomic E-state index is 0.618. The fourth-order valence-corrected chi connectivity index (χ4v) is 1.91. The van der Waals surface area contributed by atoms with Crippen molar-refractivity contribution < 1.29 is 0 Å². The minimum atomic E-state index is 0.618. The number of nitrogens with two attached hydrogens (primary N) is 1. The lowest BCUT2D eigenvalue weighted by Crippen LogP contribution is -2.17. The first-order valence-corrected chi connectivity index (χ1v) is 6.58. The fraction of sp³-hybridized carbons (Fsp3) is 0.636. The number of rotatable bonds is 5. The first-order chi connectivity index (χ1) is 7.54. The summed E-state index contributed by atoms with van der Waals surface area (Å²) >= 11 is 2.23. The molecule has 1 rings (SSSR count). The molecule has 0 fully saturated rings. The van der Waals surface area contributed by atoms with Crippen LogP contribution in [-0.2, 0) is 12.8 Å². The molecule has 0 aromatic carbocycles. The van der Waals surface area contributed by atoms with E-state index in [0.29, 0.717) is 5.82 Å². The number of aromatic nitrogens is 2. The Balaban J connectivity index is 2.86. The number of halogens is 1. The largest absolute Gasteiger partial charge is 0.383 e. The Morgan fingerprint density at radius 3 is 2.50 bits per heavy atom. The molecule has 0 saturated carbocycles. The summed E-state index contributed by atoms with van der Waals surface area (Å²) in [4.78, 5) is 11.0. The molecule has 0 aliphatic heterocycles. The van der Waals surface area contributed by atoms with Crippen LogP contribution in [0, 0.1) is 3.57 Å². The van der Waals surface area contributed by atoms with E-state index < -0.39 is 0 Å². The van der Waals surface area contributed by atoms with Crippen LogP contribution in [0.1, 0.15) is 24.9 Å². The molecule has 0 aliphatic rings. The van der Waals surface area contributed by atoms with Gasteiger partial charge in [-0.05, 0) is 43.1 Å². The second-order valence-electron chi connectivity index (χ2n) is 4.09. The zero-order valence-corrected chi connectivity index (χ0v) is 12.3. The summed E-state index contributed by atoms with van der Waals surface area (Å²) in [6.45, 7) is 3.10. The number of nitrogens with zero attached hydrogens (tertiary/aromatic N) is 3. The quantitative estimate of drug-likeness (QED) is 0.833. The van der Waals surface area contributed by atoms with Crippen LogP contribution in [0.25, 0.3) is 0 Å². The third-order valence-corrected chi connectivity index (χ3v) is 3.44. The van der Waals surface area contributed by atoms with Gasteiger partial charge in [0.05, 0.1) is 9.26 Å². The Hall–Kier alpha value is -0.430. The highest BCUT2D eigenvalue weighted by atomic mass is 127. The Kier molecular flexibility index (Phi) is 5.40. The van der Waals surface area contributed by atoms with Crippen LogP contribution in [-0.4, -0.2) is 35.5 Å². The summed E-state index contributed by atoms with van der Waals surface area (Å²) in [6, 6.07) is 0. The van der Waals surface area contributed by atoms with Crippen molar-refractivity contribution in [1.82, 2.24) is 14.9 Å². The van der Waals surface area contributed by atoms with Crippen molar-refractivity contribution in [3.8, 4) is 0 Å². The van der Waals surface area contributed by atoms with Crippen molar-refractivity contribution >= 4 is 28.4 Å². The van der Waals surface area contributed by atoms with E-state index in [-0.39, 0.29) is 0 Å². The van der Waals surface area contributed by atoms with Crippen molar-refractivity contribution in [3.63, 3.8) is 0 Å². The molecule has 1 aromatic rings. The van der Waals surface area contributed by atoms with E-state index in [1.54, 1.807) is 0 Å². The van der Waals surface area contributed by atoms with Gasteiger partial charge in [-0.15, -0.1) is 0 Å². The van der Waals surface area contributed by atoms with E-state index in [2.05, 4.69) is 44.4 Å². The Morgan fingerprint density at radius 2 is 1.94 bits per heavy atom. The molecule has 1 aromatic heterocycles. The highest BCUT2D eigenvalue weighted by Gasteiger charge is 2.09. The van der Waals surface area contributed by atoms with Crippen LogP contribution < -0.4 is 5.73 Å². The standard InChI is InChI=1S/C11H19IN4/c1-4-5-8-10(12)11(13)15-9(14-8)6-7-16(2)3/h4-7H2,1-3H3,(H2,13,14,15). The maximum absolute atomic E-state index is 5.89. The molecule has 2 N–H and O–H groups in total. The summed E-state index contributed by atoms with van der Waals surface area (Å²) in [5.74, 6) is 1.47. The third kappa shape index (κ3) is 3.86. The topological polar surface area (TPSA) is 55.0 Å². The lowest BCUT2D eigenvalue weighted by atomic mass is 10.2. The number of nitrogen functional groups attached to an aromatic ring is 1. The maximum Gasteiger partial charge on any atom is 0.140 e. The van der Waals surface area contributed by atoms with Gasteiger partial charge >= 0.3 is 0 Å². The van der Waals surface area contributed by atoms with Crippen LogP contribution >= 0.6 is 22.6 Å². The van der Waals surface area contributed by atoms with Crippen molar-refractivity contribution in [2.75, 3.05) is 26.4 Å². The molecule has 0 bridgehead atoms. The van der Waals surface area contributed by atoms with Crippen LogP contribution in [0.15, 0.2) is 0 Å². The summed E-state index contributed by atoms with van der Waals surface area (Å²) < 4.78 is 1.01. The summed E-state index contributed by atoms with van der Waals surface area (Å²) in [7, 11) is 4.09. The number of hydrogen-bond donors (Lipinski definition) is 1. The zero-order valence-electron chi connectivity index (χ0n) is 10.1. The highest BCUT2D eigenvalue weighted by molar-refractivity contribution is 14.1. The van der Waals surface area contributed by atoms with Crippen molar-refractivity contribution in [3.05, 3.63) is 15.1 Å². The lowest BCUT2D eigenvalue weighted by Gasteiger charge is -2.11. The Morgan fingerprint density at radius 1 is 1.25 bits per heavy atom. The number of aryl methyl sites for hydroxylation is 1. The van der Waals surface area contributed by atoms with E-state index in [4.69, 9.17) is 5.73 Å². The molecule has 0 radical (unpaired) electrons. The van der Waals surface area contributed by atoms with Gasteiger partial charge in [-0.3, -0.25) is 0 Å². The monoisotopic (exact) mass is 334 g/mol. The van der Waals surface area contributed by atoms with E-state index in [0.717, 1.165) is 40.9 Å². The van der Waals surface area contributed by atoms with Gasteiger partial charge in [-0.25, -0.2) is 9.97 Å². The molecule has 4 nitrogen and oxygen atoms in total. The summed E-state index contributed by atoms with van der Waals surface area (Å²) in [5.41, 5.74) is 6.97. The molecule has 1 heterocycles. The summed E-state index contributed by atoms with van der Waals surface area (Å²) in [5, 5.41) is 0. The third-order valence-electron chi connectivity index (χ3n) is 2.26. The molecule has 0 saturated heterocycles. The molecule has 0 unspecified atom stereocenters. The summed E-state index contributed by atoms with van der Waals surface area (Å²) in [6.07, 6.45) is 2.91. The molecule has 0 spiro atoms. The van der Waals surface area contributed by atoms with Crippen molar-refractivity contribution in [2.45, 2.75) is 26.2 Å². The smallest absolute Gasteiger partial charge is 0.140 e. The van der Waals surface area contributed by atoms with E-state index >= 15 is 0 Å². The van der Waals surface area contributed by atoms with E-state index in [1.165, 1.54) is 0 Å². The van der Waals surface area contributed by atoms with Gasteiger partial charge in [-0.2, -0.15) is 0 Å². The molecule has 0 aliphatic carbocycles. The van der Waals surface area contributed by atoms with Crippen LogP contribution in [0.2, 0.25) is 0 Å². The van der Waals surface area contributed by atoms with Gasteiger partial charge in [0.2, 0.25) is 0 Å². The Labute approximate surface area is 111 Å². The van der Waals surface area contributed by atoms with Gasteiger partial charge in [0.1, 0.15) is 11.6 Å². The van der Waals surface area contributed by atoms with Gasteiger partial charge in [0.15, 0.2) is 0 Å². The number of anilines is 1. The van der Waals surface area contributed by atoms with E-state index in [1.807, 2.05) is 14.1 Å². The van der Waals surface area contributed by atoms with Gasteiger partial charge in [0.25, 0.3) is 0 Å². The SMILES string of the molecule is CCCc1nc(CCN(C)C)nc(N)c1I. The van der Waals surface area contributed by atoms with Gasteiger partial charge in [-0.1, -0.05) is 13.3 Å². The fourth-order valence-electron chi connectivity index (χ4n) is 1.40. The molecule has 90 valence electrons.